The number of aryl methyl sites for hydroxylation is 3. The molecule has 0 radical (unpaired) electrons. The number of Topliss-reactive ketones (excluding diaryl/α,β-unsaturated/α-hetero) is 1. The molecule has 1 aliphatic carbocycles. The standard InChI is InChI=1S/C25H27N3OS/c1-14-6-8-17(9-7-14)28-20-11-25(4,5)12-21(29)23(20)22(19(13-26)24(28)27)18-10-15(2)30-16(18)3/h6-10,22H,11-12,27H2,1-5H3. The molecule has 0 fully saturated rings. The summed E-state index contributed by atoms with van der Waals surface area (Å²) >= 11 is 1.70. The van der Waals surface area contributed by atoms with E-state index < -0.39 is 0 Å². The predicted molar refractivity (Wildman–Crippen MR) is 122 cm³/mol. The van der Waals surface area contributed by atoms with Gasteiger partial charge in [-0.25, -0.2) is 0 Å². The number of rotatable bonds is 2. The minimum Gasteiger partial charge on any atom is -0.384 e. The van der Waals surface area contributed by atoms with Gasteiger partial charge in [0.05, 0.1) is 17.6 Å². The summed E-state index contributed by atoms with van der Waals surface area (Å²) in [6, 6.07) is 12.5. The van der Waals surface area contributed by atoms with E-state index in [-0.39, 0.29) is 17.1 Å². The molecule has 4 rings (SSSR count). The molecule has 1 unspecified atom stereocenters. The smallest absolute Gasteiger partial charge is 0.162 e. The zero-order chi connectivity index (χ0) is 21.8. The van der Waals surface area contributed by atoms with Crippen molar-refractivity contribution in [1.82, 2.24) is 0 Å². The van der Waals surface area contributed by atoms with E-state index in [1.54, 1.807) is 11.3 Å². The molecule has 154 valence electrons. The molecular formula is C25H27N3OS. The summed E-state index contributed by atoms with van der Waals surface area (Å²) in [5.74, 6) is 0.158. The zero-order valence-electron chi connectivity index (χ0n) is 18.2. The number of carbonyl (C=O) groups excluding carboxylic acids is 1. The summed E-state index contributed by atoms with van der Waals surface area (Å²) in [6.07, 6.45) is 1.21. The van der Waals surface area contributed by atoms with Crippen LogP contribution < -0.4 is 10.6 Å². The number of nitrogens with zero attached hydrogens (tertiary/aromatic N) is 2. The minimum atomic E-state index is -0.389. The van der Waals surface area contributed by atoms with Crippen molar-refractivity contribution in [1.29, 1.82) is 5.26 Å². The summed E-state index contributed by atoms with van der Waals surface area (Å²) < 4.78 is 0. The van der Waals surface area contributed by atoms with Gasteiger partial charge in [-0.05, 0) is 56.4 Å². The third-order valence-electron chi connectivity index (χ3n) is 6.06. The van der Waals surface area contributed by atoms with Crippen LogP contribution in [0.15, 0.2) is 53.0 Å². The summed E-state index contributed by atoms with van der Waals surface area (Å²) in [4.78, 5) is 17.7. The number of nitrogens with two attached hydrogens (primary N) is 1. The number of hydrogen-bond acceptors (Lipinski definition) is 5. The maximum atomic E-state index is 13.5. The molecule has 4 nitrogen and oxygen atoms in total. The molecule has 0 saturated carbocycles. The Bertz CT molecular complexity index is 1140. The molecule has 0 bridgehead atoms. The molecule has 2 aliphatic rings. The molecule has 1 aromatic carbocycles. The predicted octanol–water partition coefficient (Wildman–Crippen LogP) is 5.61. The second-order valence-corrected chi connectivity index (χ2v) is 10.6. The van der Waals surface area contributed by atoms with Crippen molar-refractivity contribution in [2.45, 2.75) is 53.4 Å². The van der Waals surface area contributed by atoms with E-state index in [4.69, 9.17) is 5.73 Å². The van der Waals surface area contributed by atoms with Crippen molar-refractivity contribution >= 4 is 22.8 Å². The van der Waals surface area contributed by atoms with E-state index in [1.807, 2.05) is 36.1 Å². The maximum Gasteiger partial charge on any atom is 0.162 e. The Labute approximate surface area is 182 Å². The average molecular weight is 418 g/mol. The normalized spacial score (nSPS) is 21.0. The average Bonchev–Trinajstić information content (AvgIpc) is 2.99. The van der Waals surface area contributed by atoms with Gasteiger partial charge in [-0.15, -0.1) is 11.3 Å². The summed E-state index contributed by atoms with van der Waals surface area (Å²) in [5, 5.41) is 10.1. The van der Waals surface area contributed by atoms with Gasteiger partial charge in [0, 0.05) is 33.1 Å². The van der Waals surface area contributed by atoms with Crippen LogP contribution in [0.1, 0.15) is 53.5 Å². The highest BCUT2D eigenvalue weighted by molar-refractivity contribution is 7.12. The van der Waals surface area contributed by atoms with E-state index in [9.17, 15) is 10.1 Å². The van der Waals surface area contributed by atoms with Crippen molar-refractivity contribution < 1.29 is 4.79 Å². The largest absolute Gasteiger partial charge is 0.384 e. The third-order valence-corrected chi connectivity index (χ3v) is 7.05. The summed E-state index contributed by atoms with van der Waals surface area (Å²) in [6.45, 7) is 10.4. The molecule has 1 aromatic heterocycles. The fourth-order valence-electron chi connectivity index (χ4n) is 4.75. The van der Waals surface area contributed by atoms with Gasteiger partial charge in [0.1, 0.15) is 5.82 Å². The van der Waals surface area contributed by atoms with E-state index in [2.05, 4.69) is 39.8 Å². The number of allylic oxidation sites excluding steroid dienone is 3. The number of hydrogen-bond donors (Lipinski definition) is 1. The van der Waals surface area contributed by atoms with E-state index >= 15 is 0 Å². The third kappa shape index (κ3) is 3.26. The second kappa shape index (κ2) is 7.14. The van der Waals surface area contributed by atoms with Gasteiger partial charge in [-0.2, -0.15) is 5.26 Å². The van der Waals surface area contributed by atoms with Crippen molar-refractivity contribution in [2.24, 2.45) is 11.1 Å². The number of carbonyl (C=O) groups is 1. The number of anilines is 1. The van der Waals surface area contributed by atoms with E-state index in [0.29, 0.717) is 17.8 Å². The van der Waals surface area contributed by atoms with Gasteiger partial charge < -0.3 is 5.73 Å². The minimum absolute atomic E-state index is 0.117. The van der Waals surface area contributed by atoms with E-state index in [1.165, 1.54) is 4.88 Å². The molecule has 2 aromatic rings. The fourth-order valence-corrected chi connectivity index (χ4v) is 5.71. The number of ketones is 1. The summed E-state index contributed by atoms with van der Waals surface area (Å²) in [5.41, 5.74) is 11.7. The zero-order valence-corrected chi connectivity index (χ0v) is 19.0. The van der Waals surface area contributed by atoms with Crippen LogP contribution in [-0.4, -0.2) is 5.78 Å². The molecule has 0 saturated heterocycles. The highest BCUT2D eigenvalue weighted by Gasteiger charge is 2.45. The van der Waals surface area contributed by atoms with Crippen molar-refractivity contribution in [3.8, 4) is 6.07 Å². The second-order valence-electron chi connectivity index (χ2n) is 9.18. The molecule has 0 amide bonds. The van der Waals surface area contributed by atoms with Gasteiger partial charge in [-0.1, -0.05) is 31.5 Å². The highest BCUT2D eigenvalue weighted by atomic mass is 32.1. The molecular weight excluding hydrogens is 390 g/mol. The van der Waals surface area contributed by atoms with Crippen LogP contribution >= 0.6 is 11.3 Å². The van der Waals surface area contributed by atoms with Gasteiger partial charge in [0.2, 0.25) is 0 Å². The van der Waals surface area contributed by atoms with Gasteiger partial charge >= 0.3 is 0 Å². The van der Waals surface area contributed by atoms with Crippen molar-refractivity contribution in [2.75, 3.05) is 4.90 Å². The molecule has 1 atom stereocenters. The molecule has 1 aliphatic heterocycles. The lowest BCUT2D eigenvalue weighted by molar-refractivity contribution is -0.118. The van der Waals surface area contributed by atoms with Gasteiger partial charge in [0.15, 0.2) is 5.78 Å². The quantitative estimate of drug-likeness (QED) is 0.689. The van der Waals surface area contributed by atoms with Crippen LogP contribution in [0.25, 0.3) is 0 Å². The Morgan fingerprint density at radius 1 is 1.17 bits per heavy atom. The lowest BCUT2D eigenvalue weighted by Crippen LogP contribution is -2.42. The lowest BCUT2D eigenvalue weighted by Gasteiger charge is -2.43. The first-order valence-electron chi connectivity index (χ1n) is 10.2. The van der Waals surface area contributed by atoms with Crippen LogP contribution in [0.4, 0.5) is 5.69 Å². The molecule has 5 heteroatoms. The van der Waals surface area contributed by atoms with Crippen molar-refractivity contribution in [3.05, 3.63) is 73.9 Å². The molecule has 30 heavy (non-hydrogen) atoms. The number of thiophene rings is 1. The van der Waals surface area contributed by atoms with E-state index in [0.717, 1.165) is 39.4 Å². The molecule has 2 N–H and O–H groups in total. The first-order chi connectivity index (χ1) is 14.1. The summed E-state index contributed by atoms with van der Waals surface area (Å²) in [7, 11) is 0. The first kappa shape index (κ1) is 20.4. The Morgan fingerprint density at radius 3 is 2.40 bits per heavy atom. The van der Waals surface area contributed by atoms with Crippen LogP contribution in [0.2, 0.25) is 0 Å². The molecule has 0 spiro atoms. The Kier molecular flexibility index (Phi) is 4.86. The fraction of sp³-hybridized carbons (Fsp3) is 0.360. The van der Waals surface area contributed by atoms with Crippen LogP contribution in [-0.2, 0) is 4.79 Å². The lowest BCUT2D eigenvalue weighted by atomic mass is 9.68. The van der Waals surface area contributed by atoms with Gasteiger partial charge in [0.25, 0.3) is 0 Å². The molecule has 2 heterocycles. The van der Waals surface area contributed by atoms with Crippen LogP contribution in [0.3, 0.4) is 0 Å². The van der Waals surface area contributed by atoms with Crippen molar-refractivity contribution in [3.63, 3.8) is 0 Å². The topological polar surface area (TPSA) is 70.1 Å². The van der Waals surface area contributed by atoms with Gasteiger partial charge in [-0.3, -0.25) is 9.69 Å². The number of benzene rings is 1. The Morgan fingerprint density at radius 2 is 1.83 bits per heavy atom. The SMILES string of the molecule is Cc1ccc(N2C(N)=C(C#N)C(c3cc(C)sc3C)C3=C2CC(C)(C)CC3=O)cc1. The van der Waals surface area contributed by atoms with Crippen LogP contribution in [0, 0.1) is 37.5 Å². The maximum absolute atomic E-state index is 13.5. The number of nitriles is 1. The monoisotopic (exact) mass is 417 g/mol. The first-order valence-corrected chi connectivity index (χ1v) is 11.0. The Balaban J connectivity index is 2.01. The Hall–Kier alpha value is -2.84. The highest BCUT2D eigenvalue weighted by Crippen LogP contribution is 2.51. The van der Waals surface area contributed by atoms with Crippen LogP contribution in [0.5, 0.6) is 0 Å².